The van der Waals surface area contributed by atoms with Crippen LogP contribution in [0.4, 0.5) is 36.6 Å². The molecule has 0 amide bonds. The Morgan fingerprint density at radius 1 is 0.857 bits per heavy atom. The number of hydrogen-bond acceptors (Lipinski definition) is 3. The Kier molecular flexibility index (Phi) is 9.04. The van der Waals surface area contributed by atoms with Gasteiger partial charge in [-0.1, -0.05) is 42.5 Å². The van der Waals surface area contributed by atoms with Crippen molar-refractivity contribution < 1.29 is 39.3 Å². The molecule has 4 nitrogen and oxygen atoms in total. The topological polar surface area (TPSA) is 32.5 Å². The van der Waals surface area contributed by atoms with Crippen molar-refractivity contribution >= 4 is 36.9 Å². The number of anilines is 1. The number of rotatable bonds is 8. The SMILES string of the molecule is CCN(CC)c1ccc(/C=C/C2=[N+](Cc3ccc(C(=O)OC)cc3)c3ccccc3C2(C)C)cc1.F[P-](F)(F)(F)(F)F. The Hall–Kier alpha value is -3.65. The molecule has 0 saturated carbocycles. The number of halogens is 6. The van der Waals surface area contributed by atoms with E-state index < -0.39 is 7.81 Å². The van der Waals surface area contributed by atoms with Gasteiger partial charge < -0.3 is 9.64 Å². The van der Waals surface area contributed by atoms with E-state index in [2.05, 4.69) is 97.9 Å². The molecule has 1 aliphatic heterocycles. The average Bonchev–Trinajstić information content (AvgIpc) is 3.12. The number of hydrogen-bond donors (Lipinski definition) is 0. The fourth-order valence-corrected chi connectivity index (χ4v) is 4.92. The molecule has 1 aliphatic rings. The van der Waals surface area contributed by atoms with E-state index in [9.17, 15) is 30.0 Å². The summed E-state index contributed by atoms with van der Waals surface area (Å²) in [4.78, 5) is 14.2. The van der Waals surface area contributed by atoms with Crippen LogP contribution in [0.25, 0.3) is 6.08 Å². The van der Waals surface area contributed by atoms with Crippen LogP contribution in [0.2, 0.25) is 0 Å². The van der Waals surface area contributed by atoms with Crippen molar-refractivity contribution in [3.63, 3.8) is 0 Å². The number of nitrogens with zero attached hydrogens (tertiary/aromatic N) is 2. The Labute approximate surface area is 242 Å². The van der Waals surface area contributed by atoms with Gasteiger partial charge in [-0.15, -0.1) is 0 Å². The Balaban J connectivity index is 0.000000616. The number of ether oxygens (including phenoxy) is 1. The third kappa shape index (κ3) is 9.18. The van der Waals surface area contributed by atoms with E-state index in [-0.39, 0.29) is 11.4 Å². The van der Waals surface area contributed by atoms with Crippen LogP contribution in [0.1, 0.15) is 54.7 Å². The van der Waals surface area contributed by atoms with E-state index in [0.29, 0.717) is 5.56 Å². The van der Waals surface area contributed by atoms with Gasteiger partial charge in [-0.25, -0.2) is 4.79 Å². The standard InChI is InChI=1S/C31H35N2O2.F6P/c1-6-32(7-2)26-19-14-23(15-20-26)16-21-29-31(3,4)27-10-8-9-11-28(27)33(29)22-24-12-17-25(18-13-24)30(34)35-5;1-7(2,3,4,5)6/h8-21H,6-7,22H2,1-5H3;/q+1;-1. The summed E-state index contributed by atoms with van der Waals surface area (Å²) in [6, 6.07) is 25.1. The van der Waals surface area contributed by atoms with Crippen LogP contribution in [0, 0.1) is 0 Å². The summed E-state index contributed by atoms with van der Waals surface area (Å²) in [6.07, 6.45) is 4.47. The second-order valence-electron chi connectivity index (χ2n) is 10.4. The number of allylic oxidation sites excluding steroid dienone is 1. The first-order chi connectivity index (χ1) is 19.3. The zero-order valence-electron chi connectivity index (χ0n) is 24.1. The molecule has 0 radical (unpaired) electrons. The number of esters is 1. The summed E-state index contributed by atoms with van der Waals surface area (Å²) in [5.74, 6) is -0.314. The van der Waals surface area contributed by atoms with Crippen molar-refractivity contribution in [1.29, 1.82) is 0 Å². The van der Waals surface area contributed by atoms with Crippen LogP contribution < -0.4 is 4.90 Å². The van der Waals surface area contributed by atoms with Gasteiger partial charge in [0.2, 0.25) is 5.69 Å². The Bertz CT molecular complexity index is 1470. The zero-order chi connectivity index (χ0) is 31.4. The van der Waals surface area contributed by atoms with Crippen LogP contribution in [0.3, 0.4) is 0 Å². The van der Waals surface area contributed by atoms with Crippen LogP contribution >= 0.6 is 7.81 Å². The molecule has 0 aliphatic carbocycles. The van der Waals surface area contributed by atoms with E-state index in [1.54, 1.807) is 0 Å². The number of carbonyl (C=O) groups is 1. The molecule has 11 heteroatoms. The summed E-state index contributed by atoms with van der Waals surface area (Å²) >= 11 is 0. The molecule has 0 aromatic heterocycles. The average molecular weight is 613 g/mol. The van der Waals surface area contributed by atoms with Crippen molar-refractivity contribution in [3.05, 3.63) is 101 Å². The number of carbonyl (C=O) groups excluding carboxylic acids is 1. The van der Waals surface area contributed by atoms with Crippen LogP contribution in [0.15, 0.2) is 78.9 Å². The fraction of sp³-hybridized carbons (Fsp3) is 0.290. The van der Waals surface area contributed by atoms with E-state index in [0.717, 1.165) is 25.2 Å². The molecule has 42 heavy (non-hydrogen) atoms. The molecule has 228 valence electrons. The summed E-state index contributed by atoms with van der Waals surface area (Å²) in [6.45, 7) is 11.7. The fourth-order valence-electron chi connectivity index (χ4n) is 4.92. The molecular weight excluding hydrogens is 577 g/mol. The quantitative estimate of drug-likeness (QED) is 0.110. The van der Waals surface area contributed by atoms with Crippen molar-refractivity contribution in [3.8, 4) is 0 Å². The van der Waals surface area contributed by atoms with Gasteiger partial charge in [0.25, 0.3) is 0 Å². The number of fused-ring (bicyclic) bond motifs is 1. The van der Waals surface area contributed by atoms with Gasteiger partial charge in [-0.2, -0.15) is 4.58 Å². The predicted molar refractivity (Wildman–Crippen MR) is 158 cm³/mol. The molecule has 3 aromatic carbocycles. The van der Waals surface area contributed by atoms with E-state index in [1.807, 2.05) is 24.3 Å². The van der Waals surface area contributed by atoms with Crippen molar-refractivity contribution in [2.75, 3.05) is 25.1 Å². The molecule has 0 spiro atoms. The van der Waals surface area contributed by atoms with Crippen LogP contribution in [0.5, 0.6) is 0 Å². The van der Waals surface area contributed by atoms with Crippen LogP contribution in [-0.4, -0.2) is 36.5 Å². The number of methoxy groups -OCH3 is 1. The minimum absolute atomic E-state index is 0.125. The van der Waals surface area contributed by atoms with Crippen molar-refractivity contribution in [2.24, 2.45) is 0 Å². The molecule has 0 saturated heterocycles. The third-order valence-corrected chi connectivity index (χ3v) is 6.97. The Morgan fingerprint density at radius 3 is 1.93 bits per heavy atom. The molecule has 1 heterocycles. The monoisotopic (exact) mass is 612 g/mol. The van der Waals surface area contributed by atoms with Gasteiger partial charge in [-0.05, 0) is 63.6 Å². The predicted octanol–water partition coefficient (Wildman–Crippen LogP) is 9.99. The van der Waals surface area contributed by atoms with Gasteiger partial charge in [0.1, 0.15) is 0 Å². The van der Waals surface area contributed by atoms with E-state index >= 15 is 0 Å². The van der Waals surface area contributed by atoms with Gasteiger partial charge in [0, 0.05) is 42.0 Å². The molecule has 0 N–H and O–H groups in total. The van der Waals surface area contributed by atoms with Gasteiger partial charge in [0.05, 0.1) is 18.1 Å². The molecule has 4 rings (SSSR count). The molecule has 3 aromatic rings. The van der Waals surface area contributed by atoms with Gasteiger partial charge in [-0.3, -0.25) is 0 Å². The number of para-hydroxylation sites is 1. The summed E-state index contributed by atoms with van der Waals surface area (Å²) in [5, 5.41) is 0. The van der Waals surface area contributed by atoms with Crippen molar-refractivity contribution in [1.82, 2.24) is 0 Å². The zero-order valence-corrected chi connectivity index (χ0v) is 25.0. The molecular formula is C31H35F6N2O2P. The van der Waals surface area contributed by atoms with Gasteiger partial charge in [0.15, 0.2) is 12.3 Å². The van der Waals surface area contributed by atoms with Crippen molar-refractivity contribution in [2.45, 2.75) is 39.7 Å². The maximum atomic E-state index is 11.8. The second-order valence-corrected chi connectivity index (χ2v) is 12.3. The summed E-state index contributed by atoms with van der Waals surface area (Å²) in [5.41, 5.74) is 7.82. The molecule has 0 atom stereocenters. The maximum absolute atomic E-state index is 11.8. The summed E-state index contributed by atoms with van der Waals surface area (Å²) < 4.78 is 66.4. The summed E-state index contributed by atoms with van der Waals surface area (Å²) in [7, 11) is -9.25. The molecule has 0 bridgehead atoms. The van der Waals surface area contributed by atoms with E-state index in [1.165, 1.54) is 35.3 Å². The second kappa shape index (κ2) is 11.6. The van der Waals surface area contributed by atoms with Gasteiger partial charge >= 0.3 is 39.0 Å². The van der Waals surface area contributed by atoms with E-state index in [4.69, 9.17) is 4.74 Å². The molecule has 0 fully saturated rings. The minimum atomic E-state index is -10.7. The third-order valence-electron chi connectivity index (χ3n) is 6.97. The first kappa shape index (κ1) is 32.9. The van der Waals surface area contributed by atoms with Crippen LogP contribution in [-0.2, 0) is 16.7 Å². The number of benzene rings is 3. The first-order valence-corrected chi connectivity index (χ1v) is 15.4. The molecule has 0 unspecified atom stereocenters. The first-order valence-electron chi connectivity index (χ1n) is 13.3. The normalized spacial score (nSPS) is 15.8. The Morgan fingerprint density at radius 2 is 1.40 bits per heavy atom.